The number of nitrogen functional groups attached to an aromatic ring is 1. The number of hydrogen-bond acceptors (Lipinski definition) is 8. The summed E-state index contributed by atoms with van der Waals surface area (Å²) >= 11 is 1.59. The van der Waals surface area contributed by atoms with Crippen molar-refractivity contribution in [3.8, 4) is 0 Å². The van der Waals surface area contributed by atoms with Gasteiger partial charge in [-0.05, 0) is 18.2 Å². The third kappa shape index (κ3) is 3.07. The van der Waals surface area contributed by atoms with Crippen molar-refractivity contribution in [1.29, 1.82) is 0 Å². The molecule has 1 aromatic carbocycles. The first kappa shape index (κ1) is 13.7. The summed E-state index contributed by atoms with van der Waals surface area (Å²) in [6, 6.07) is 7.68. The summed E-state index contributed by atoms with van der Waals surface area (Å²) in [5.74, 6) is 7.15. The zero-order valence-corrected chi connectivity index (χ0v) is 12.1. The summed E-state index contributed by atoms with van der Waals surface area (Å²) in [4.78, 5) is 12.8. The number of rotatable bonds is 5. The average Bonchev–Trinajstić information content (AvgIpc) is 2.95. The largest absolute Gasteiger partial charge is 0.377 e. The first-order valence-corrected chi connectivity index (χ1v) is 7.10. The Balaban J connectivity index is 1.90. The minimum atomic E-state index is 0.318. The zero-order chi connectivity index (χ0) is 14.7. The van der Waals surface area contributed by atoms with Crippen LogP contribution in [0.15, 0.2) is 29.8 Å². The molecule has 3 rings (SSSR count). The van der Waals surface area contributed by atoms with Gasteiger partial charge in [-0.15, -0.1) is 11.3 Å². The molecule has 0 amide bonds. The number of nitrogens with two attached hydrogens (primary N) is 1. The predicted octanol–water partition coefficient (Wildman–Crippen LogP) is 2.26. The molecular formula is C13H14N6OS. The first-order chi connectivity index (χ1) is 10.3. The van der Waals surface area contributed by atoms with E-state index in [0.717, 1.165) is 15.9 Å². The number of hydrogen-bond donors (Lipinski definition) is 3. The molecule has 0 aliphatic carbocycles. The number of nitrogens with one attached hydrogen (secondary N) is 2. The van der Waals surface area contributed by atoms with Crippen LogP contribution in [0.5, 0.6) is 0 Å². The van der Waals surface area contributed by atoms with Gasteiger partial charge in [0.25, 0.3) is 0 Å². The molecule has 0 aliphatic heterocycles. The van der Waals surface area contributed by atoms with Crippen molar-refractivity contribution >= 4 is 38.9 Å². The Hall–Kier alpha value is -2.29. The van der Waals surface area contributed by atoms with Gasteiger partial charge in [0.05, 0.1) is 15.7 Å². The number of benzene rings is 1. The third-order valence-corrected chi connectivity index (χ3v) is 3.59. The lowest BCUT2D eigenvalue weighted by atomic mass is 10.3. The molecular weight excluding hydrogens is 288 g/mol. The number of nitrogens with zero attached hydrogens (tertiary/aromatic N) is 3. The van der Waals surface area contributed by atoms with Crippen molar-refractivity contribution in [2.45, 2.75) is 6.61 Å². The number of methoxy groups -OCH3 is 1. The zero-order valence-electron chi connectivity index (χ0n) is 11.3. The smallest absolute Gasteiger partial charge is 0.158 e. The number of ether oxygens (including phenoxy) is 1. The van der Waals surface area contributed by atoms with Crippen molar-refractivity contribution in [3.05, 3.63) is 35.6 Å². The summed E-state index contributed by atoms with van der Waals surface area (Å²) in [6.45, 7) is 0.318. The van der Waals surface area contributed by atoms with Gasteiger partial charge in [-0.1, -0.05) is 0 Å². The highest BCUT2D eigenvalue weighted by atomic mass is 32.1. The molecule has 0 saturated carbocycles. The molecule has 4 N–H and O–H groups in total. The van der Waals surface area contributed by atoms with Gasteiger partial charge in [0, 0.05) is 18.9 Å². The van der Waals surface area contributed by atoms with Gasteiger partial charge in [-0.2, -0.15) is 0 Å². The molecule has 0 atom stereocenters. The maximum atomic E-state index is 5.42. The van der Waals surface area contributed by atoms with Crippen LogP contribution < -0.4 is 16.6 Å². The van der Waals surface area contributed by atoms with Gasteiger partial charge in [0.15, 0.2) is 5.82 Å². The fourth-order valence-corrected chi connectivity index (χ4v) is 2.63. The predicted molar refractivity (Wildman–Crippen MR) is 83.5 cm³/mol. The summed E-state index contributed by atoms with van der Waals surface area (Å²) in [5.41, 5.74) is 6.26. The van der Waals surface area contributed by atoms with Gasteiger partial charge in [-0.3, -0.25) is 0 Å². The van der Waals surface area contributed by atoms with Crippen molar-refractivity contribution in [3.63, 3.8) is 0 Å². The second-order valence-electron chi connectivity index (χ2n) is 4.29. The summed E-state index contributed by atoms with van der Waals surface area (Å²) in [7, 11) is 1.59. The van der Waals surface area contributed by atoms with Gasteiger partial charge in [0.1, 0.15) is 18.2 Å². The van der Waals surface area contributed by atoms with Crippen molar-refractivity contribution in [2.24, 2.45) is 5.84 Å². The lowest BCUT2D eigenvalue weighted by Crippen LogP contribution is -2.11. The number of anilines is 3. The maximum absolute atomic E-state index is 5.42. The minimum absolute atomic E-state index is 0.318. The molecule has 21 heavy (non-hydrogen) atoms. The SMILES string of the molecule is COCc1nc(NN)cc(Nc2ccc3ncsc3c2)n1. The molecule has 2 aromatic heterocycles. The normalized spacial score (nSPS) is 10.8. The Morgan fingerprint density at radius 3 is 2.90 bits per heavy atom. The molecule has 3 aromatic rings. The monoisotopic (exact) mass is 302 g/mol. The number of thiazole rings is 1. The lowest BCUT2D eigenvalue weighted by Gasteiger charge is -2.09. The van der Waals surface area contributed by atoms with Crippen molar-refractivity contribution in [1.82, 2.24) is 15.0 Å². The van der Waals surface area contributed by atoms with E-state index in [-0.39, 0.29) is 0 Å². The van der Waals surface area contributed by atoms with E-state index < -0.39 is 0 Å². The summed E-state index contributed by atoms with van der Waals surface area (Å²) in [6.07, 6.45) is 0. The molecule has 0 bridgehead atoms. The van der Waals surface area contributed by atoms with Gasteiger partial charge >= 0.3 is 0 Å². The third-order valence-electron chi connectivity index (χ3n) is 2.80. The van der Waals surface area contributed by atoms with Crippen LogP contribution in [-0.2, 0) is 11.3 Å². The molecule has 7 nitrogen and oxygen atoms in total. The van der Waals surface area contributed by atoms with E-state index in [9.17, 15) is 0 Å². The van der Waals surface area contributed by atoms with Crippen molar-refractivity contribution in [2.75, 3.05) is 17.9 Å². The van der Waals surface area contributed by atoms with Crippen LogP contribution in [0.25, 0.3) is 10.2 Å². The highest BCUT2D eigenvalue weighted by Crippen LogP contribution is 2.24. The Morgan fingerprint density at radius 2 is 2.10 bits per heavy atom. The lowest BCUT2D eigenvalue weighted by molar-refractivity contribution is 0.178. The second-order valence-corrected chi connectivity index (χ2v) is 5.18. The fraction of sp³-hybridized carbons (Fsp3) is 0.154. The van der Waals surface area contributed by atoms with Crippen LogP contribution in [0, 0.1) is 0 Å². The second kappa shape index (κ2) is 6.00. The van der Waals surface area contributed by atoms with Crippen LogP contribution in [-0.4, -0.2) is 22.1 Å². The summed E-state index contributed by atoms with van der Waals surface area (Å²) < 4.78 is 6.17. The Bertz CT molecular complexity index is 759. The highest BCUT2D eigenvalue weighted by Gasteiger charge is 2.05. The molecule has 0 spiro atoms. The molecule has 108 valence electrons. The summed E-state index contributed by atoms with van der Waals surface area (Å²) in [5, 5.41) is 3.24. The van der Waals surface area contributed by atoms with Gasteiger partial charge in [-0.25, -0.2) is 20.8 Å². The molecule has 2 heterocycles. The molecule has 0 aliphatic rings. The minimum Gasteiger partial charge on any atom is -0.377 e. The van der Waals surface area contributed by atoms with Crippen LogP contribution in [0.4, 0.5) is 17.3 Å². The number of aromatic nitrogens is 3. The first-order valence-electron chi connectivity index (χ1n) is 6.22. The van der Waals surface area contributed by atoms with Crippen LogP contribution in [0.2, 0.25) is 0 Å². The van der Waals surface area contributed by atoms with E-state index in [0.29, 0.717) is 24.1 Å². The Morgan fingerprint density at radius 1 is 1.24 bits per heavy atom. The van der Waals surface area contributed by atoms with Crippen LogP contribution >= 0.6 is 11.3 Å². The van der Waals surface area contributed by atoms with E-state index in [1.54, 1.807) is 24.5 Å². The van der Waals surface area contributed by atoms with Crippen LogP contribution in [0.3, 0.4) is 0 Å². The highest BCUT2D eigenvalue weighted by molar-refractivity contribution is 7.16. The fourth-order valence-electron chi connectivity index (χ4n) is 1.91. The van der Waals surface area contributed by atoms with Crippen molar-refractivity contribution < 1.29 is 4.74 Å². The van der Waals surface area contributed by atoms with Crippen LogP contribution in [0.1, 0.15) is 5.82 Å². The molecule has 0 fully saturated rings. The Kier molecular flexibility index (Phi) is 3.91. The number of fused-ring (bicyclic) bond motifs is 1. The standard InChI is InChI=1S/C13H14N6OS/c1-20-6-13-17-11(5-12(18-13)19-14)16-8-2-3-9-10(4-8)21-7-15-9/h2-5,7H,6,14H2,1H3,(H2,16,17,18,19). The quantitative estimate of drug-likeness (QED) is 0.491. The van der Waals surface area contributed by atoms with E-state index in [4.69, 9.17) is 10.6 Å². The topological polar surface area (TPSA) is 98.0 Å². The molecule has 0 saturated heterocycles. The van der Waals surface area contributed by atoms with Gasteiger partial charge in [0.2, 0.25) is 0 Å². The van der Waals surface area contributed by atoms with E-state index in [1.807, 2.05) is 23.7 Å². The molecule has 0 unspecified atom stereocenters. The molecule has 8 heteroatoms. The molecule has 0 radical (unpaired) electrons. The van der Waals surface area contributed by atoms with E-state index >= 15 is 0 Å². The maximum Gasteiger partial charge on any atom is 0.158 e. The van der Waals surface area contributed by atoms with E-state index in [2.05, 4.69) is 25.7 Å². The van der Waals surface area contributed by atoms with E-state index in [1.165, 1.54) is 0 Å². The number of hydrazine groups is 1. The Labute approximate surface area is 125 Å². The van der Waals surface area contributed by atoms with Gasteiger partial charge < -0.3 is 15.5 Å². The average molecular weight is 302 g/mol.